The number of nitrogens with zero attached hydrogens (tertiary/aromatic N) is 4. The maximum absolute atomic E-state index is 13.5. The minimum Gasteiger partial charge on any atom is -0.355 e. The van der Waals surface area contributed by atoms with Crippen LogP contribution in [-0.2, 0) is 0 Å². The van der Waals surface area contributed by atoms with Gasteiger partial charge in [-0.15, -0.1) is 0 Å². The lowest BCUT2D eigenvalue weighted by molar-refractivity contribution is 0.356. The fraction of sp³-hybridized carbons (Fsp3) is 0.280. The van der Waals surface area contributed by atoms with Gasteiger partial charge in [0.05, 0.1) is 5.39 Å². The first-order valence-electron chi connectivity index (χ1n) is 10.5. The van der Waals surface area contributed by atoms with E-state index >= 15 is 0 Å². The van der Waals surface area contributed by atoms with Crippen LogP contribution in [0.5, 0.6) is 0 Å². The quantitative estimate of drug-likeness (QED) is 0.442. The molecule has 1 aliphatic rings. The van der Waals surface area contributed by atoms with Crippen molar-refractivity contribution in [2.24, 2.45) is 11.8 Å². The van der Waals surface area contributed by atoms with E-state index in [4.69, 9.17) is 4.98 Å². The summed E-state index contributed by atoms with van der Waals surface area (Å²) in [5.41, 5.74) is 3.94. The van der Waals surface area contributed by atoms with Crippen molar-refractivity contribution in [1.29, 1.82) is 0 Å². The number of benzene rings is 2. The first kappa shape index (κ1) is 18.8. The van der Waals surface area contributed by atoms with Crippen LogP contribution >= 0.6 is 0 Å². The standard InChI is InChI=1S/C25H25FN4/c1-17-12-18(2)14-29(13-17)24-23-22(19-6-4-3-5-7-19)15-30(25(23)28-16-27-24)21-10-8-20(26)9-11-21/h3-11,15-18H,12-14H2,1-2H3/t17-,18+. The Labute approximate surface area is 176 Å². The van der Waals surface area contributed by atoms with Crippen LogP contribution in [0.1, 0.15) is 20.3 Å². The van der Waals surface area contributed by atoms with Gasteiger partial charge in [0.25, 0.3) is 0 Å². The van der Waals surface area contributed by atoms with Crippen LogP contribution in [-0.4, -0.2) is 27.6 Å². The highest BCUT2D eigenvalue weighted by Gasteiger charge is 2.26. The molecule has 0 N–H and O–H groups in total. The molecule has 1 aliphatic heterocycles. The second-order valence-electron chi connectivity index (χ2n) is 8.50. The highest BCUT2D eigenvalue weighted by Crippen LogP contribution is 2.38. The molecule has 0 spiro atoms. The van der Waals surface area contributed by atoms with Gasteiger partial charge in [-0.25, -0.2) is 14.4 Å². The minimum atomic E-state index is -0.245. The molecule has 0 radical (unpaired) electrons. The van der Waals surface area contributed by atoms with Gasteiger partial charge in [0.2, 0.25) is 0 Å². The number of aromatic nitrogens is 3. The molecule has 2 aromatic carbocycles. The summed E-state index contributed by atoms with van der Waals surface area (Å²) in [5.74, 6) is 1.99. The van der Waals surface area contributed by atoms with E-state index in [1.54, 1.807) is 18.5 Å². The highest BCUT2D eigenvalue weighted by atomic mass is 19.1. The lowest BCUT2D eigenvalue weighted by Gasteiger charge is -2.36. The maximum atomic E-state index is 13.5. The van der Waals surface area contributed by atoms with Gasteiger partial charge in [0.1, 0.15) is 18.0 Å². The fourth-order valence-electron chi connectivity index (χ4n) is 4.76. The molecule has 30 heavy (non-hydrogen) atoms. The van der Waals surface area contributed by atoms with Gasteiger partial charge < -0.3 is 9.47 Å². The van der Waals surface area contributed by atoms with Crippen LogP contribution in [0.3, 0.4) is 0 Å². The molecule has 0 amide bonds. The molecule has 4 nitrogen and oxygen atoms in total. The summed E-state index contributed by atoms with van der Waals surface area (Å²) in [6, 6.07) is 16.9. The van der Waals surface area contributed by atoms with E-state index in [1.807, 2.05) is 22.8 Å². The number of fused-ring (bicyclic) bond motifs is 1. The summed E-state index contributed by atoms with van der Waals surface area (Å²) in [6.45, 7) is 6.60. The number of hydrogen-bond acceptors (Lipinski definition) is 3. The Hall–Kier alpha value is -3.21. The normalized spacial score (nSPS) is 19.4. The first-order valence-corrected chi connectivity index (χ1v) is 10.5. The molecule has 0 bridgehead atoms. The molecule has 3 heterocycles. The van der Waals surface area contributed by atoms with Crippen LogP contribution in [0.4, 0.5) is 10.2 Å². The Balaban J connectivity index is 1.75. The van der Waals surface area contributed by atoms with Gasteiger partial charge in [0, 0.05) is 30.5 Å². The number of anilines is 1. The number of piperidine rings is 1. The zero-order valence-electron chi connectivity index (χ0n) is 17.3. The zero-order valence-corrected chi connectivity index (χ0v) is 17.3. The highest BCUT2D eigenvalue weighted by molar-refractivity contribution is 6.02. The van der Waals surface area contributed by atoms with Gasteiger partial charge in [-0.1, -0.05) is 44.2 Å². The van der Waals surface area contributed by atoms with Crippen molar-refractivity contribution in [3.8, 4) is 16.8 Å². The van der Waals surface area contributed by atoms with E-state index in [9.17, 15) is 4.39 Å². The molecule has 0 unspecified atom stereocenters. The number of rotatable bonds is 3. The van der Waals surface area contributed by atoms with Crippen LogP contribution in [0.2, 0.25) is 0 Å². The summed E-state index contributed by atoms with van der Waals surface area (Å²) >= 11 is 0. The van der Waals surface area contributed by atoms with Gasteiger partial charge in [0.15, 0.2) is 5.65 Å². The van der Waals surface area contributed by atoms with E-state index in [1.165, 1.54) is 18.6 Å². The van der Waals surface area contributed by atoms with Crippen molar-refractivity contribution in [3.05, 3.63) is 72.9 Å². The lowest BCUT2D eigenvalue weighted by atomic mass is 9.91. The van der Waals surface area contributed by atoms with Crippen LogP contribution in [0, 0.1) is 17.7 Å². The van der Waals surface area contributed by atoms with Crippen molar-refractivity contribution < 1.29 is 4.39 Å². The SMILES string of the molecule is C[C@@H]1C[C@H](C)CN(c2ncnc3c2c(-c2ccccc2)cn3-c2ccc(F)cc2)C1. The van der Waals surface area contributed by atoms with E-state index in [-0.39, 0.29) is 5.82 Å². The molecule has 5 heteroatoms. The van der Waals surface area contributed by atoms with Gasteiger partial charge >= 0.3 is 0 Å². The summed E-state index contributed by atoms with van der Waals surface area (Å²) in [7, 11) is 0. The van der Waals surface area contributed by atoms with Gasteiger partial charge in [-0.05, 0) is 48.1 Å². The maximum Gasteiger partial charge on any atom is 0.150 e. The van der Waals surface area contributed by atoms with E-state index in [2.05, 4.69) is 42.1 Å². The molecule has 0 aliphatic carbocycles. The largest absolute Gasteiger partial charge is 0.355 e. The Morgan fingerprint density at radius 2 is 1.60 bits per heavy atom. The Bertz CT molecular complexity index is 1160. The lowest BCUT2D eigenvalue weighted by Crippen LogP contribution is -2.39. The van der Waals surface area contributed by atoms with Crippen LogP contribution in [0.25, 0.3) is 27.8 Å². The minimum absolute atomic E-state index is 0.245. The van der Waals surface area contributed by atoms with Crippen molar-refractivity contribution in [2.45, 2.75) is 20.3 Å². The number of hydrogen-bond donors (Lipinski definition) is 0. The third-order valence-electron chi connectivity index (χ3n) is 5.92. The molecule has 4 aromatic rings. The van der Waals surface area contributed by atoms with Crippen LogP contribution in [0.15, 0.2) is 67.1 Å². The third-order valence-corrected chi connectivity index (χ3v) is 5.92. The fourth-order valence-corrected chi connectivity index (χ4v) is 4.76. The van der Waals surface area contributed by atoms with Crippen molar-refractivity contribution in [1.82, 2.24) is 14.5 Å². The van der Waals surface area contributed by atoms with E-state index < -0.39 is 0 Å². The smallest absolute Gasteiger partial charge is 0.150 e. The average molecular weight is 401 g/mol. The molecule has 2 aromatic heterocycles. The Morgan fingerprint density at radius 1 is 0.900 bits per heavy atom. The van der Waals surface area contributed by atoms with Gasteiger partial charge in [-0.3, -0.25) is 0 Å². The second kappa shape index (κ2) is 7.56. The monoisotopic (exact) mass is 400 g/mol. The topological polar surface area (TPSA) is 34.0 Å². The summed E-state index contributed by atoms with van der Waals surface area (Å²) in [6.07, 6.45) is 4.99. The van der Waals surface area contributed by atoms with E-state index in [0.29, 0.717) is 11.8 Å². The zero-order chi connectivity index (χ0) is 20.7. The van der Waals surface area contributed by atoms with Crippen LogP contribution < -0.4 is 4.90 Å². The van der Waals surface area contributed by atoms with Crippen molar-refractivity contribution in [2.75, 3.05) is 18.0 Å². The number of halogens is 1. The predicted molar refractivity (Wildman–Crippen MR) is 119 cm³/mol. The molecule has 5 rings (SSSR count). The molecule has 1 saturated heterocycles. The predicted octanol–water partition coefficient (Wildman–Crippen LogP) is 5.71. The molecular weight excluding hydrogens is 375 g/mol. The molecular formula is C25H25FN4. The molecule has 152 valence electrons. The second-order valence-corrected chi connectivity index (χ2v) is 8.50. The Kier molecular flexibility index (Phi) is 4.74. The molecule has 0 saturated carbocycles. The summed E-state index contributed by atoms with van der Waals surface area (Å²) in [4.78, 5) is 11.8. The Morgan fingerprint density at radius 3 is 2.30 bits per heavy atom. The van der Waals surface area contributed by atoms with Crippen molar-refractivity contribution >= 4 is 16.9 Å². The summed E-state index contributed by atoms with van der Waals surface area (Å²) in [5, 5.41) is 1.05. The van der Waals surface area contributed by atoms with Crippen molar-refractivity contribution in [3.63, 3.8) is 0 Å². The van der Waals surface area contributed by atoms with E-state index in [0.717, 1.165) is 46.8 Å². The average Bonchev–Trinajstić information content (AvgIpc) is 3.14. The third kappa shape index (κ3) is 3.34. The van der Waals surface area contributed by atoms with Gasteiger partial charge in [-0.2, -0.15) is 0 Å². The first-order chi connectivity index (χ1) is 14.6. The molecule has 2 atom stereocenters. The molecule has 1 fully saturated rings. The summed E-state index contributed by atoms with van der Waals surface area (Å²) < 4.78 is 15.6.